The number of halogens is 3. The predicted octanol–water partition coefficient (Wildman–Crippen LogP) is 3.61. The number of ether oxygens (including phenoxy) is 1. The largest absolute Gasteiger partial charge is 0.477 e. The number of hydrogen-bond donors (Lipinski definition) is 1. The van der Waals surface area contributed by atoms with Crippen molar-refractivity contribution in [3.63, 3.8) is 0 Å². The molecule has 21 heavy (non-hydrogen) atoms. The van der Waals surface area contributed by atoms with Gasteiger partial charge in [0.2, 0.25) is 5.88 Å². The molecule has 0 atom stereocenters. The third-order valence-electron chi connectivity index (χ3n) is 3.11. The Bertz CT molecular complexity index is 609. The van der Waals surface area contributed by atoms with Gasteiger partial charge in [0.25, 0.3) is 0 Å². The zero-order valence-electron chi connectivity index (χ0n) is 11.4. The van der Waals surface area contributed by atoms with Gasteiger partial charge >= 0.3 is 6.18 Å². The van der Waals surface area contributed by atoms with Crippen molar-refractivity contribution >= 4 is 5.69 Å². The van der Waals surface area contributed by atoms with Crippen LogP contribution in [-0.2, 0) is 12.6 Å². The fourth-order valence-corrected chi connectivity index (χ4v) is 1.80. The Morgan fingerprint density at radius 3 is 2.43 bits per heavy atom. The van der Waals surface area contributed by atoms with E-state index in [0.29, 0.717) is 24.6 Å². The zero-order valence-corrected chi connectivity index (χ0v) is 11.4. The van der Waals surface area contributed by atoms with Gasteiger partial charge in [-0.15, -0.1) is 0 Å². The van der Waals surface area contributed by atoms with E-state index in [1.807, 2.05) is 0 Å². The highest BCUT2D eigenvalue weighted by atomic mass is 19.4. The van der Waals surface area contributed by atoms with Gasteiger partial charge in [0.05, 0.1) is 12.2 Å². The molecule has 1 heterocycles. The topological polar surface area (TPSA) is 48.1 Å². The third-order valence-corrected chi connectivity index (χ3v) is 3.11. The second kappa shape index (κ2) is 6.03. The van der Waals surface area contributed by atoms with Crippen molar-refractivity contribution in [1.82, 2.24) is 4.98 Å². The number of benzene rings is 1. The molecule has 0 amide bonds. The molecule has 0 saturated heterocycles. The average molecular weight is 296 g/mol. The van der Waals surface area contributed by atoms with Crippen molar-refractivity contribution in [2.45, 2.75) is 19.5 Å². The lowest BCUT2D eigenvalue weighted by Crippen LogP contribution is -2.07. The van der Waals surface area contributed by atoms with E-state index in [1.54, 1.807) is 19.2 Å². The monoisotopic (exact) mass is 296 g/mol. The van der Waals surface area contributed by atoms with Crippen molar-refractivity contribution in [1.29, 1.82) is 0 Å². The van der Waals surface area contributed by atoms with E-state index in [2.05, 4.69) is 4.98 Å². The highest BCUT2D eigenvalue weighted by molar-refractivity contribution is 5.49. The third kappa shape index (κ3) is 3.87. The molecule has 0 aliphatic heterocycles. The first-order valence-electron chi connectivity index (χ1n) is 6.38. The van der Waals surface area contributed by atoms with Crippen molar-refractivity contribution in [3.8, 4) is 5.88 Å². The van der Waals surface area contributed by atoms with Crippen LogP contribution >= 0.6 is 0 Å². The molecule has 3 nitrogen and oxygen atoms in total. The van der Waals surface area contributed by atoms with Crippen LogP contribution in [0.25, 0.3) is 0 Å². The molecule has 2 rings (SSSR count). The van der Waals surface area contributed by atoms with Crippen LogP contribution < -0.4 is 10.5 Å². The van der Waals surface area contributed by atoms with Crippen molar-refractivity contribution < 1.29 is 17.9 Å². The molecule has 0 unspecified atom stereocenters. The molecule has 0 spiro atoms. The van der Waals surface area contributed by atoms with Crippen molar-refractivity contribution in [3.05, 3.63) is 53.2 Å². The van der Waals surface area contributed by atoms with E-state index in [-0.39, 0.29) is 0 Å². The van der Waals surface area contributed by atoms with Crippen molar-refractivity contribution in [2.24, 2.45) is 0 Å². The van der Waals surface area contributed by atoms with E-state index in [1.165, 1.54) is 12.1 Å². The molecule has 2 N–H and O–H groups in total. The number of aromatic nitrogens is 1. The van der Waals surface area contributed by atoms with E-state index in [9.17, 15) is 13.2 Å². The Hall–Kier alpha value is -2.24. The SMILES string of the molecule is Cc1c(N)ccnc1OCCc1ccc(C(F)(F)F)cc1. The number of nitrogen functional groups attached to an aromatic ring is 1. The summed E-state index contributed by atoms with van der Waals surface area (Å²) in [6, 6.07) is 6.72. The fourth-order valence-electron chi connectivity index (χ4n) is 1.80. The van der Waals surface area contributed by atoms with Gasteiger partial charge in [0.1, 0.15) is 0 Å². The summed E-state index contributed by atoms with van der Waals surface area (Å²) in [4.78, 5) is 4.07. The number of pyridine rings is 1. The number of alkyl halides is 3. The highest BCUT2D eigenvalue weighted by Crippen LogP contribution is 2.29. The minimum absolute atomic E-state index is 0.322. The first-order chi connectivity index (χ1) is 9.88. The van der Waals surface area contributed by atoms with Crippen LogP contribution in [0.3, 0.4) is 0 Å². The molecule has 0 aliphatic carbocycles. The van der Waals surface area contributed by atoms with E-state index >= 15 is 0 Å². The lowest BCUT2D eigenvalue weighted by molar-refractivity contribution is -0.137. The molecule has 0 bridgehead atoms. The highest BCUT2D eigenvalue weighted by Gasteiger charge is 2.29. The second-order valence-electron chi connectivity index (χ2n) is 4.62. The van der Waals surface area contributed by atoms with Gasteiger partial charge in [0.15, 0.2) is 0 Å². The molecule has 1 aromatic heterocycles. The van der Waals surface area contributed by atoms with Gasteiger partial charge in [-0.25, -0.2) is 4.98 Å². The molecule has 0 fully saturated rings. The Kier molecular flexibility index (Phi) is 4.35. The molecule has 112 valence electrons. The summed E-state index contributed by atoms with van der Waals surface area (Å²) < 4.78 is 42.8. The van der Waals surface area contributed by atoms with Crippen LogP contribution in [0.15, 0.2) is 36.5 Å². The molecular weight excluding hydrogens is 281 g/mol. The van der Waals surface area contributed by atoms with Crippen LogP contribution in [0.2, 0.25) is 0 Å². The molecule has 0 aliphatic rings. The van der Waals surface area contributed by atoms with Gasteiger partial charge in [-0.05, 0) is 30.7 Å². The summed E-state index contributed by atoms with van der Waals surface area (Å²) in [5.41, 5.74) is 7.20. The standard InChI is InChI=1S/C15H15F3N2O/c1-10-13(19)6-8-20-14(10)21-9-7-11-2-4-12(5-3-11)15(16,17)18/h2-6,8H,7,9H2,1H3,(H2,19,20). The molecule has 1 aromatic carbocycles. The van der Waals surface area contributed by atoms with E-state index in [4.69, 9.17) is 10.5 Å². The number of nitrogens with two attached hydrogens (primary N) is 1. The second-order valence-corrected chi connectivity index (χ2v) is 4.62. The first kappa shape index (κ1) is 15.2. The fraction of sp³-hybridized carbons (Fsp3) is 0.267. The van der Waals surface area contributed by atoms with E-state index < -0.39 is 11.7 Å². The van der Waals surface area contributed by atoms with Crippen LogP contribution in [-0.4, -0.2) is 11.6 Å². The lowest BCUT2D eigenvalue weighted by Gasteiger charge is -2.10. The minimum Gasteiger partial charge on any atom is -0.477 e. The molecule has 2 aromatic rings. The average Bonchev–Trinajstić information content (AvgIpc) is 2.43. The smallest absolute Gasteiger partial charge is 0.416 e. The number of nitrogens with zero attached hydrogens (tertiary/aromatic N) is 1. The molecule has 0 radical (unpaired) electrons. The van der Waals surface area contributed by atoms with E-state index in [0.717, 1.165) is 23.3 Å². The zero-order chi connectivity index (χ0) is 15.5. The van der Waals surface area contributed by atoms with Gasteiger partial charge in [-0.2, -0.15) is 13.2 Å². The Morgan fingerprint density at radius 2 is 1.81 bits per heavy atom. The Balaban J connectivity index is 1.93. The summed E-state index contributed by atoms with van der Waals surface area (Å²) >= 11 is 0. The minimum atomic E-state index is -4.31. The Labute approximate surface area is 120 Å². The summed E-state index contributed by atoms with van der Waals surface area (Å²) in [6.07, 6.45) is -2.26. The Morgan fingerprint density at radius 1 is 1.14 bits per heavy atom. The molecule has 0 saturated carbocycles. The molecular formula is C15H15F3N2O. The summed E-state index contributed by atoms with van der Waals surface area (Å²) in [6.45, 7) is 2.12. The van der Waals surface area contributed by atoms with Gasteiger partial charge in [-0.1, -0.05) is 12.1 Å². The summed E-state index contributed by atoms with van der Waals surface area (Å²) in [7, 11) is 0. The normalized spacial score (nSPS) is 11.4. The maximum atomic E-state index is 12.4. The van der Waals surface area contributed by atoms with Crippen LogP contribution in [0.5, 0.6) is 5.88 Å². The number of anilines is 1. The van der Waals surface area contributed by atoms with Gasteiger partial charge < -0.3 is 10.5 Å². The predicted molar refractivity (Wildman–Crippen MR) is 74.0 cm³/mol. The van der Waals surface area contributed by atoms with Crippen LogP contribution in [0.4, 0.5) is 18.9 Å². The van der Waals surface area contributed by atoms with Crippen LogP contribution in [0.1, 0.15) is 16.7 Å². The maximum Gasteiger partial charge on any atom is 0.416 e. The van der Waals surface area contributed by atoms with Gasteiger partial charge in [0, 0.05) is 23.9 Å². The number of rotatable bonds is 4. The first-order valence-corrected chi connectivity index (χ1v) is 6.38. The maximum absolute atomic E-state index is 12.4. The molecule has 6 heteroatoms. The number of hydrogen-bond acceptors (Lipinski definition) is 3. The lowest BCUT2D eigenvalue weighted by atomic mass is 10.1. The van der Waals surface area contributed by atoms with Crippen molar-refractivity contribution in [2.75, 3.05) is 12.3 Å². The summed E-state index contributed by atoms with van der Waals surface area (Å²) in [5, 5.41) is 0. The quantitative estimate of drug-likeness (QED) is 0.937. The van der Waals surface area contributed by atoms with Crippen LogP contribution in [0, 0.1) is 6.92 Å². The summed E-state index contributed by atoms with van der Waals surface area (Å²) in [5.74, 6) is 0.446. The van der Waals surface area contributed by atoms with Gasteiger partial charge in [-0.3, -0.25) is 0 Å².